The largest absolute Gasteiger partial charge is 0.304 e. The Kier molecular flexibility index (Phi) is 4.12. The van der Waals surface area contributed by atoms with Crippen molar-refractivity contribution in [2.75, 3.05) is 4.31 Å². The summed E-state index contributed by atoms with van der Waals surface area (Å²) in [6, 6.07) is 15.7. The maximum atomic E-state index is 11.7. The Labute approximate surface area is 148 Å². The van der Waals surface area contributed by atoms with Crippen molar-refractivity contribution in [3.63, 3.8) is 0 Å². The van der Waals surface area contributed by atoms with Gasteiger partial charge in [0.05, 0.1) is 18.2 Å². The number of hydrogen-bond donors (Lipinski definition) is 2. The minimum absolute atomic E-state index is 0.148. The van der Waals surface area contributed by atoms with Crippen LogP contribution in [0.2, 0.25) is 0 Å². The van der Waals surface area contributed by atoms with E-state index in [-0.39, 0.29) is 12.5 Å². The number of fused-ring (bicyclic) bond motifs is 1. The van der Waals surface area contributed by atoms with E-state index < -0.39 is 5.91 Å². The molecule has 7 nitrogen and oxygen atoms in total. The van der Waals surface area contributed by atoms with Crippen LogP contribution in [-0.2, 0) is 4.79 Å². The van der Waals surface area contributed by atoms with Gasteiger partial charge in [-0.05, 0) is 47.8 Å². The van der Waals surface area contributed by atoms with Crippen LogP contribution in [0.15, 0.2) is 66.1 Å². The monoisotopic (exact) mass is 353 g/mol. The fourth-order valence-corrected chi connectivity index (χ4v) is 4.08. The normalized spacial score (nSPS) is 15.9. The minimum atomic E-state index is -0.411. The van der Waals surface area contributed by atoms with Crippen LogP contribution in [0.25, 0.3) is 5.69 Å². The minimum Gasteiger partial charge on any atom is -0.304 e. The topological polar surface area (TPSA) is 83.3 Å². The van der Waals surface area contributed by atoms with Crippen LogP contribution in [0.1, 0.15) is 18.0 Å². The highest BCUT2D eigenvalue weighted by Gasteiger charge is 2.33. The third-order valence-corrected chi connectivity index (χ3v) is 5.28. The average molecular weight is 353 g/mol. The second kappa shape index (κ2) is 6.58. The standard InChI is InChI=1S/C17H15N5O2S/c23-17(20-24)9-15-14-3-1-2-4-16(14)25-22(15)13-7-5-12(6-8-13)21-11-18-10-19-21/h1-8,10-11,15,24H,9H2,(H,20,23). The van der Waals surface area contributed by atoms with Crippen molar-refractivity contribution in [2.45, 2.75) is 17.4 Å². The smallest absolute Gasteiger partial charge is 0.245 e. The summed E-state index contributed by atoms with van der Waals surface area (Å²) >= 11 is 1.59. The van der Waals surface area contributed by atoms with Crippen molar-refractivity contribution >= 4 is 23.5 Å². The van der Waals surface area contributed by atoms with Crippen LogP contribution in [0.5, 0.6) is 0 Å². The van der Waals surface area contributed by atoms with Gasteiger partial charge in [0.25, 0.3) is 0 Å². The van der Waals surface area contributed by atoms with Crippen LogP contribution in [0.4, 0.5) is 5.69 Å². The molecule has 2 heterocycles. The summed E-state index contributed by atoms with van der Waals surface area (Å²) in [5.41, 5.74) is 4.69. The molecule has 1 unspecified atom stereocenters. The van der Waals surface area contributed by atoms with Crippen molar-refractivity contribution in [1.29, 1.82) is 0 Å². The number of carbonyl (C=O) groups is 1. The fourth-order valence-electron chi connectivity index (χ4n) is 2.88. The van der Waals surface area contributed by atoms with E-state index in [0.29, 0.717) is 0 Å². The van der Waals surface area contributed by atoms with E-state index in [2.05, 4.69) is 14.4 Å². The molecule has 0 bridgehead atoms. The Hall–Kier alpha value is -2.84. The molecule has 25 heavy (non-hydrogen) atoms. The van der Waals surface area contributed by atoms with Gasteiger partial charge < -0.3 is 4.31 Å². The van der Waals surface area contributed by atoms with Gasteiger partial charge >= 0.3 is 0 Å². The van der Waals surface area contributed by atoms with Crippen LogP contribution in [0, 0.1) is 0 Å². The highest BCUT2D eigenvalue weighted by molar-refractivity contribution is 8.01. The Bertz CT molecular complexity index is 882. The molecule has 1 aliphatic heterocycles. The molecule has 0 radical (unpaired) electrons. The number of nitrogens with one attached hydrogen (secondary N) is 1. The number of rotatable bonds is 4. The first kappa shape index (κ1) is 15.7. The first-order valence-corrected chi connectivity index (χ1v) is 8.48. The maximum Gasteiger partial charge on any atom is 0.245 e. The molecule has 1 atom stereocenters. The number of carbonyl (C=O) groups excluding carboxylic acids is 1. The molecular formula is C17H15N5O2S. The number of hydrogen-bond acceptors (Lipinski definition) is 6. The molecule has 1 aliphatic rings. The van der Waals surface area contributed by atoms with Crippen molar-refractivity contribution < 1.29 is 10.0 Å². The first-order chi connectivity index (χ1) is 12.3. The van der Waals surface area contributed by atoms with Crippen LogP contribution >= 0.6 is 11.9 Å². The zero-order chi connectivity index (χ0) is 17.2. The van der Waals surface area contributed by atoms with Crippen molar-refractivity contribution in [3.05, 3.63) is 66.7 Å². The van der Waals surface area contributed by atoms with Gasteiger partial charge in [0, 0.05) is 10.6 Å². The molecule has 1 amide bonds. The average Bonchev–Trinajstić information content (AvgIpc) is 3.30. The molecule has 0 saturated carbocycles. The molecule has 126 valence electrons. The Balaban J connectivity index is 1.65. The molecule has 4 rings (SSSR count). The third-order valence-electron chi connectivity index (χ3n) is 4.05. The van der Waals surface area contributed by atoms with Crippen LogP contribution in [-0.4, -0.2) is 25.9 Å². The number of nitrogens with zero attached hydrogens (tertiary/aromatic N) is 4. The molecule has 0 aliphatic carbocycles. The third kappa shape index (κ3) is 2.97. The summed E-state index contributed by atoms with van der Waals surface area (Å²) in [7, 11) is 0. The predicted molar refractivity (Wildman–Crippen MR) is 93.4 cm³/mol. The van der Waals surface area contributed by atoms with Crippen molar-refractivity contribution in [1.82, 2.24) is 20.2 Å². The summed E-state index contributed by atoms with van der Waals surface area (Å²) in [4.78, 5) is 16.8. The first-order valence-electron chi connectivity index (χ1n) is 7.70. The fraction of sp³-hybridized carbons (Fsp3) is 0.118. The van der Waals surface area contributed by atoms with E-state index in [1.54, 1.807) is 28.4 Å². The Morgan fingerprint density at radius 3 is 2.64 bits per heavy atom. The predicted octanol–water partition coefficient (Wildman–Crippen LogP) is 2.73. The van der Waals surface area contributed by atoms with E-state index >= 15 is 0 Å². The molecule has 0 spiro atoms. The zero-order valence-electron chi connectivity index (χ0n) is 13.1. The van der Waals surface area contributed by atoms with Gasteiger partial charge in [-0.3, -0.25) is 10.0 Å². The molecule has 2 N–H and O–H groups in total. The van der Waals surface area contributed by atoms with E-state index in [9.17, 15) is 4.79 Å². The van der Waals surface area contributed by atoms with Crippen molar-refractivity contribution in [3.8, 4) is 5.69 Å². The van der Waals surface area contributed by atoms with E-state index in [1.165, 1.54) is 6.33 Å². The summed E-state index contributed by atoms with van der Waals surface area (Å²) in [5, 5.41) is 13.0. The molecule has 2 aromatic carbocycles. The lowest BCUT2D eigenvalue weighted by molar-refractivity contribution is -0.129. The second-order valence-electron chi connectivity index (χ2n) is 5.57. The molecule has 8 heteroatoms. The van der Waals surface area contributed by atoms with Gasteiger partial charge in [0.1, 0.15) is 12.7 Å². The van der Waals surface area contributed by atoms with Gasteiger partial charge in [-0.1, -0.05) is 18.2 Å². The van der Waals surface area contributed by atoms with E-state index in [1.807, 2.05) is 48.5 Å². The van der Waals surface area contributed by atoms with Gasteiger partial charge in [0.15, 0.2) is 0 Å². The van der Waals surface area contributed by atoms with Gasteiger partial charge in [-0.15, -0.1) is 0 Å². The molecule has 3 aromatic rings. The lowest BCUT2D eigenvalue weighted by atomic mass is 10.0. The SMILES string of the molecule is O=C(CC1c2ccccc2SN1c1ccc(-n2cncn2)cc1)NO. The molecule has 0 fully saturated rings. The number of benzene rings is 2. The lowest BCUT2D eigenvalue weighted by Crippen LogP contribution is -2.26. The van der Waals surface area contributed by atoms with E-state index in [0.717, 1.165) is 21.8 Å². The summed E-state index contributed by atoms with van der Waals surface area (Å²) in [6.45, 7) is 0. The number of aromatic nitrogens is 3. The maximum absolute atomic E-state index is 11.7. The van der Waals surface area contributed by atoms with Crippen LogP contribution < -0.4 is 9.79 Å². The second-order valence-corrected chi connectivity index (χ2v) is 6.58. The van der Waals surface area contributed by atoms with Gasteiger partial charge in [0.2, 0.25) is 5.91 Å². The highest BCUT2D eigenvalue weighted by Crippen LogP contribution is 2.48. The Morgan fingerprint density at radius 1 is 1.16 bits per heavy atom. The number of amides is 1. The van der Waals surface area contributed by atoms with E-state index in [4.69, 9.17) is 5.21 Å². The molecular weight excluding hydrogens is 338 g/mol. The highest BCUT2D eigenvalue weighted by atomic mass is 32.2. The molecule has 1 aromatic heterocycles. The lowest BCUT2D eigenvalue weighted by Gasteiger charge is -2.25. The van der Waals surface area contributed by atoms with Crippen LogP contribution in [0.3, 0.4) is 0 Å². The number of anilines is 1. The summed E-state index contributed by atoms with van der Waals surface area (Å²) in [5.74, 6) is -0.411. The molecule has 0 saturated heterocycles. The van der Waals surface area contributed by atoms with Crippen molar-refractivity contribution in [2.24, 2.45) is 0 Å². The number of hydroxylamine groups is 1. The summed E-state index contributed by atoms with van der Waals surface area (Å²) in [6.07, 6.45) is 3.31. The Morgan fingerprint density at radius 2 is 1.92 bits per heavy atom. The summed E-state index contributed by atoms with van der Waals surface area (Å²) < 4.78 is 3.78. The quantitative estimate of drug-likeness (QED) is 0.426. The zero-order valence-corrected chi connectivity index (χ0v) is 13.9. The van der Waals surface area contributed by atoms with Gasteiger partial charge in [-0.2, -0.15) is 5.10 Å². The van der Waals surface area contributed by atoms with Gasteiger partial charge in [-0.25, -0.2) is 15.1 Å².